The predicted molar refractivity (Wildman–Crippen MR) is 72.9 cm³/mol. The van der Waals surface area contributed by atoms with Gasteiger partial charge in [-0.25, -0.2) is 0 Å². The number of benzene rings is 1. The van der Waals surface area contributed by atoms with E-state index in [-0.39, 0.29) is 5.91 Å². The minimum Gasteiger partial charge on any atom is -0.385 e. The van der Waals surface area contributed by atoms with E-state index in [0.717, 1.165) is 30.6 Å². The minimum atomic E-state index is 0.0925. The predicted octanol–water partition coefficient (Wildman–Crippen LogP) is 2.57. The van der Waals surface area contributed by atoms with Crippen molar-refractivity contribution < 1.29 is 4.79 Å². The lowest BCUT2D eigenvalue weighted by Gasteiger charge is -2.21. The standard InChI is InChI=1S/C15H20N2O/c1-10(11-7-8-11)17-15(18)13-4-2-6-14-12(13)5-3-9-16-14/h2,4,6,10-11,16H,3,5,7-9H2,1H3,(H,17,18). The Morgan fingerprint density at radius 1 is 1.44 bits per heavy atom. The lowest BCUT2D eigenvalue weighted by Crippen LogP contribution is -2.35. The molecule has 96 valence electrons. The second-order valence-electron chi connectivity index (χ2n) is 5.46. The van der Waals surface area contributed by atoms with E-state index in [1.54, 1.807) is 0 Å². The van der Waals surface area contributed by atoms with Crippen LogP contribution < -0.4 is 10.6 Å². The summed E-state index contributed by atoms with van der Waals surface area (Å²) in [7, 11) is 0. The van der Waals surface area contributed by atoms with Crippen molar-refractivity contribution in [2.75, 3.05) is 11.9 Å². The zero-order chi connectivity index (χ0) is 12.5. The number of hydrogen-bond donors (Lipinski definition) is 2. The second-order valence-corrected chi connectivity index (χ2v) is 5.46. The molecule has 0 spiro atoms. The molecule has 0 saturated heterocycles. The highest BCUT2D eigenvalue weighted by Gasteiger charge is 2.29. The molecule has 1 aromatic carbocycles. The summed E-state index contributed by atoms with van der Waals surface area (Å²) in [4.78, 5) is 12.3. The Balaban J connectivity index is 1.80. The van der Waals surface area contributed by atoms with E-state index in [9.17, 15) is 4.79 Å². The quantitative estimate of drug-likeness (QED) is 0.858. The number of nitrogens with one attached hydrogen (secondary N) is 2. The monoisotopic (exact) mass is 244 g/mol. The SMILES string of the molecule is CC(NC(=O)c1cccc2c1CCCN2)C1CC1. The van der Waals surface area contributed by atoms with Crippen LogP contribution in [0.2, 0.25) is 0 Å². The molecule has 0 bridgehead atoms. The van der Waals surface area contributed by atoms with Gasteiger partial charge in [-0.3, -0.25) is 4.79 Å². The number of rotatable bonds is 3. The van der Waals surface area contributed by atoms with Crippen molar-refractivity contribution in [3.8, 4) is 0 Å². The average Bonchev–Trinajstić information content (AvgIpc) is 3.22. The number of hydrogen-bond acceptors (Lipinski definition) is 2. The van der Waals surface area contributed by atoms with Crippen LogP contribution in [0.1, 0.15) is 42.1 Å². The van der Waals surface area contributed by atoms with Crippen molar-refractivity contribution in [3.05, 3.63) is 29.3 Å². The molecule has 3 nitrogen and oxygen atoms in total. The van der Waals surface area contributed by atoms with Crippen LogP contribution in [0.5, 0.6) is 0 Å². The molecule has 1 heterocycles. The highest BCUT2D eigenvalue weighted by atomic mass is 16.1. The van der Waals surface area contributed by atoms with Crippen LogP contribution in [0.3, 0.4) is 0 Å². The number of amides is 1. The van der Waals surface area contributed by atoms with E-state index < -0.39 is 0 Å². The summed E-state index contributed by atoms with van der Waals surface area (Å²) in [6.45, 7) is 3.12. The molecule has 1 atom stereocenters. The summed E-state index contributed by atoms with van der Waals surface area (Å²) in [6, 6.07) is 6.29. The summed E-state index contributed by atoms with van der Waals surface area (Å²) in [5.74, 6) is 0.793. The van der Waals surface area contributed by atoms with E-state index >= 15 is 0 Å². The Hall–Kier alpha value is -1.51. The summed E-state index contributed by atoms with van der Waals surface area (Å²) in [6.07, 6.45) is 4.63. The van der Waals surface area contributed by atoms with Crippen LogP contribution in [0.15, 0.2) is 18.2 Å². The third-order valence-corrected chi connectivity index (χ3v) is 4.03. The summed E-state index contributed by atoms with van der Waals surface area (Å²) >= 11 is 0. The molecule has 3 heteroatoms. The molecule has 1 aliphatic carbocycles. The van der Waals surface area contributed by atoms with E-state index in [2.05, 4.69) is 23.6 Å². The first kappa shape index (κ1) is 11.6. The van der Waals surface area contributed by atoms with Gasteiger partial charge in [-0.15, -0.1) is 0 Å². The molecule has 1 aromatic rings. The topological polar surface area (TPSA) is 41.1 Å². The van der Waals surface area contributed by atoms with Gasteiger partial charge in [0.25, 0.3) is 5.91 Å². The van der Waals surface area contributed by atoms with E-state index in [1.165, 1.54) is 18.4 Å². The highest BCUT2D eigenvalue weighted by molar-refractivity contribution is 5.97. The Bertz CT molecular complexity index is 466. The maximum atomic E-state index is 12.3. The molecule has 3 rings (SSSR count). The van der Waals surface area contributed by atoms with Crippen LogP contribution in [0, 0.1) is 5.92 Å². The van der Waals surface area contributed by atoms with Gasteiger partial charge in [0.15, 0.2) is 0 Å². The average molecular weight is 244 g/mol. The van der Waals surface area contributed by atoms with Crippen LogP contribution in [-0.2, 0) is 6.42 Å². The molecule has 1 aliphatic heterocycles. The van der Waals surface area contributed by atoms with Crippen molar-refractivity contribution in [2.45, 2.75) is 38.6 Å². The fourth-order valence-corrected chi connectivity index (χ4v) is 2.72. The molecule has 1 fully saturated rings. The molecule has 0 radical (unpaired) electrons. The van der Waals surface area contributed by atoms with Gasteiger partial charge in [-0.2, -0.15) is 0 Å². The van der Waals surface area contributed by atoms with Gasteiger partial charge in [0.1, 0.15) is 0 Å². The fourth-order valence-electron chi connectivity index (χ4n) is 2.72. The maximum absolute atomic E-state index is 12.3. The zero-order valence-electron chi connectivity index (χ0n) is 10.8. The Morgan fingerprint density at radius 2 is 2.28 bits per heavy atom. The van der Waals surface area contributed by atoms with Gasteiger partial charge in [0, 0.05) is 23.8 Å². The van der Waals surface area contributed by atoms with Crippen LogP contribution in [-0.4, -0.2) is 18.5 Å². The third-order valence-electron chi connectivity index (χ3n) is 4.03. The lowest BCUT2D eigenvalue weighted by molar-refractivity contribution is 0.0935. The highest BCUT2D eigenvalue weighted by Crippen LogP contribution is 2.32. The molecule has 1 unspecified atom stereocenters. The molecular formula is C15H20N2O. The first-order valence-corrected chi connectivity index (χ1v) is 6.92. The molecule has 1 amide bonds. The van der Waals surface area contributed by atoms with Crippen molar-refractivity contribution in [1.29, 1.82) is 0 Å². The normalized spacial score (nSPS) is 19.6. The number of anilines is 1. The Morgan fingerprint density at radius 3 is 3.06 bits per heavy atom. The summed E-state index contributed by atoms with van der Waals surface area (Å²) < 4.78 is 0. The molecule has 2 N–H and O–H groups in total. The first-order chi connectivity index (χ1) is 8.75. The molecule has 0 aromatic heterocycles. The van der Waals surface area contributed by atoms with Gasteiger partial charge < -0.3 is 10.6 Å². The Kier molecular flexibility index (Phi) is 2.98. The Labute approximate surface area is 108 Å². The fraction of sp³-hybridized carbons (Fsp3) is 0.533. The van der Waals surface area contributed by atoms with E-state index in [1.807, 2.05) is 12.1 Å². The molecule has 18 heavy (non-hydrogen) atoms. The molecule has 1 saturated carbocycles. The number of fused-ring (bicyclic) bond motifs is 1. The van der Waals surface area contributed by atoms with Gasteiger partial charge in [0.05, 0.1) is 0 Å². The number of carbonyl (C=O) groups is 1. The zero-order valence-corrected chi connectivity index (χ0v) is 10.8. The lowest BCUT2D eigenvalue weighted by atomic mass is 9.97. The first-order valence-electron chi connectivity index (χ1n) is 6.92. The van der Waals surface area contributed by atoms with Crippen LogP contribution in [0.25, 0.3) is 0 Å². The smallest absolute Gasteiger partial charge is 0.251 e. The largest absolute Gasteiger partial charge is 0.385 e. The van der Waals surface area contributed by atoms with Crippen LogP contribution in [0.4, 0.5) is 5.69 Å². The van der Waals surface area contributed by atoms with E-state index in [4.69, 9.17) is 0 Å². The second kappa shape index (κ2) is 4.63. The maximum Gasteiger partial charge on any atom is 0.251 e. The van der Waals surface area contributed by atoms with Crippen molar-refractivity contribution >= 4 is 11.6 Å². The van der Waals surface area contributed by atoms with Gasteiger partial charge in [-0.1, -0.05) is 6.07 Å². The molecule has 2 aliphatic rings. The van der Waals surface area contributed by atoms with Crippen LogP contribution >= 0.6 is 0 Å². The van der Waals surface area contributed by atoms with Gasteiger partial charge in [-0.05, 0) is 56.2 Å². The van der Waals surface area contributed by atoms with Gasteiger partial charge in [0.2, 0.25) is 0 Å². The van der Waals surface area contributed by atoms with Gasteiger partial charge >= 0.3 is 0 Å². The summed E-state index contributed by atoms with van der Waals surface area (Å²) in [5, 5.41) is 6.51. The summed E-state index contributed by atoms with van der Waals surface area (Å²) in [5.41, 5.74) is 3.17. The van der Waals surface area contributed by atoms with E-state index in [0.29, 0.717) is 12.0 Å². The van der Waals surface area contributed by atoms with Crippen molar-refractivity contribution in [2.24, 2.45) is 5.92 Å². The molecular weight excluding hydrogens is 224 g/mol. The van der Waals surface area contributed by atoms with Crippen molar-refractivity contribution in [3.63, 3.8) is 0 Å². The number of carbonyl (C=O) groups excluding carboxylic acids is 1. The minimum absolute atomic E-state index is 0.0925. The third kappa shape index (κ3) is 2.22. The van der Waals surface area contributed by atoms with Crippen molar-refractivity contribution in [1.82, 2.24) is 5.32 Å².